The van der Waals surface area contributed by atoms with E-state index in [0.717, 1.165) is 24.0 Å². The van der Waals surface area contributed by atoms with Gasteiger partial charge in [-0.3, -0.25) is 14.3 Å². The molecular weight excluding hydrogens is 299 g/mol. The molecule has 0 bridgehead atoms. The van der Waals surface area contributed by atoms with Crippen molar-refractivity contribution in [3.05, 3.63) is 32.9 Å². The molecule has 1 fully saturated rings. The van der Waals surface area contributed by atoms with Crippen molar-refractivity contribution in [3.8, 4) is 0 Å². The Morgan fingerprint density at radius 3 is 2.55 bits per heavy atom. The number of nitrogens with zero attached hydrogens (tertiary/aromatic N) is 1. The fraction of sp³-hybridized carbons (Fsp3) is 0.692. The lowest BCUT2D eigenvalue weighted by Crippen LogP contribution is -2.34. The maximum Gasteiger partial charge on any atom is 0.330 e. The molecule has 0 spiro atoms. The summed E-state index contributed by atoms with van der Waals surface area (Å²) in [6.45, 7) is 5.26. The molecule has 1 saturated heterocycles. The van der Waals surface area contributed by atoms with Crippen molar-refractivity contribution < 1.29 is 24.1 Å². The summed E-state index contributed by atoms with van der Waals surface area (Å²) < 4.78 is 23.9. The van der Waals surface area contributed by atoms with Crippen LogP contribution in [0.2, 0.25) is 0 Å². The number of aromatic amines is 1. The normalized spacial score (nSPS) is 24.0. The number of ether oxygens (including phenoxy) is 2. The molecule has 0 saturated carbocycles. The molecule has 8 nitrogen and oxygen atoms in total. The van der Waals surface area contributed by atoms with Gasteiger partial charge in [-0.25, -0.2) is 4.79 Å². The third kappa shape index (κ3) is 4.73. The number of nitrogens with one attached hydrogen (secondary N) is 1. The quantitative estimate of drug-likeness (QED) is 0.680. The Kier molecular flexibility index (Phi) is 7.39. The van der Waals surface area contributed by atoms with Crippen LogP contribution in [0.1, 0.15) is 26.5 Å². The molecule has 1 aliphatic rings. The number of hydrogen-bond acceptors (Lipinski definition) is 6. The standard InChI is InChI=1S/C9H11FN2O5.C4H10O/c10-4-2-12(9(16)11-8(4)15)7-1-5(14)6(3-13)17-7;1-3-5-4-2/h2,5-7,13-14H,1,3H2,(H,11,15,16);3-4H2,1-2H3/t5-,6+,7+;/m0./s1. The van der Waals surface area contributed by atoms with Gasteiger partial charge in [0.2, 0.25) is 5.82 Å². The van der Waals surface area contributed by atoms with Crippen LogP contribution in [0.15, 0.2) is 15.8 Å². The van der Waals surface area contributed by atoms with Gasteiger partial charge < -0.3 is 19.7 Å². The highest BCUT2D eigenvalue weighted by atomic mass is 19.1. The number of rotatable bonds is 4. The first-order valence-corrected chi connectivity index (χ1v) is 6.97. The van der Waals surface area contributed by atoms with Crippen LogP contribution >= 0.6 is 0 Å². The van der Waals surface area contributed by atoms with E-state index in [0.29, 0.717) is 0 Å². The van der Waals surface area contributed by atoms with Gasteiger partial charge in [0.1, 0.15) is 12.3 Å². The molecule has 0 unspecified atom stereocenters. The lowest BCUT2D eigenvalue weighted by atomic mass is 10.2. The van der Waals surface area contributed by atoms with Gasteiger partial charge in [-0.2, -0.15) is 4.39 Å². The number of H-pyrrole nitrogens is 1. The second kappa shape index (κ2) is 8.79. The van der Waals surface area contributed by atoms with Crippen molar-refractivity contribution in [1.82, 2.24) is 9.55 Å². The zero-order chi connectivity index (χ0) is 16.7. The number of halogens is 1. The van der Waals surface area contributed by atoms with Gasteiger partial charge in [-0.1, -0.05) is 0 Å². The average molecular weight is 320 g/mol. The summed E-state index contributed by atoms with van der Waals surface area (Å²) in [7, 11) is 0. The van der Waals surface area contributed by atoms with E-state index in [1.807, 2.05) is 13.8 Å². The molecule has 0 amide bonds. The first-order chi connectivity index (χ1) is 10.4. The predicted octanol–water partition coefficient (Wildman–Crippen LogP) is -0.641. The molecule has 0 aromatic carbocycles. The van der Waals surface area contributed by atoms with Crippen molar-refractivity contribution in [2.75, 3.05) is 19.8 Å². The van der Waals surface area contributed by atoms with E-state index in [2.05, 4.69) is 0 Å². The fourth-order valence-electron chi connectivity index (χ4n) is 1.93. The molecule has 2 heterocycles. The van der Waals surface area contributed by atoms with E-state index in [9.17, 15) is 19.1 Å². The van der Waals surface area contributed by atoms with Crippen LogP contribution in [-0.2, 0) is 9.47 Å². The van der Waals surface area contributed by atoms with Gasteiger partial charge in [0, 0.05) is 19.6 Å². The van der Waals surface area contributed by atoms with Gasteiger partial charge >= 0.3 is 5.69 Å². The second-order valence-electron chi connectivity index (χ2n) is 4.54. The summed E-state index contributed by atoms with van der Waals surface area (Å²) >= 11 is 0. The molecule has 22 heavy (non-hydrogen) atoms. The number of aliphatic hydroxyl groups excluding tert-OH is 2. The van der Waals surface area contributed by atoms with Gasteiger partial charge in [0.15, 0.2) is 0 Å². The SMILES string of the molecule is CCOCC.O=c1[nH]c(=O)n([C@H]2C[C@H](O)[C@@H](CO)O2)cc1F. The van der Waals surface area contributed by atoms with E-state index in [4.69, 9.17) is 14.6 Å². The summed E-state index contributed by atoms with van der Waals surface area (Å²) in [5.41, 5.74) is -1.93. The average Bonchev–Trinajstić information content (AvgIpc) is 2.85. The highest BCUT2D eigenvalue weighted by Gasteiger charge is 2.35. The van der Waals surface area contributed by atoms with Gasteiger partial charge in [0.25, 0.3) is 5.56 Å². The lowest BCUT2D eigenvalue weighted by Gasteiger charge is -2.13. The van der Waals surface area contributed by atoms with E-state index in [1.54, 1.807) is 4.98 Å². The molecule has 0 radical (unpaired) electrons. The van der Waals surface area contributed by atoms with E-state index < -0.39 is 42.1 Å². The zero-order valence-electron chi connectivity index (χ0n) is 12.5. The van der Waals surface area contributed by atoms with Crippen LogP contribution in [-0.4, -0.2) is 51.8 Å². The summed E-state index contributed by atoms with van der Waals surface area (Å²) in [4.78, 5) is 24.0. The smallest absolute Gasteiger partial charge is 0.330 e. The molecule has 3 atom stereocenters. The molecule has 0 aliphatic carbocycles. The first kappa shape index (κ1) is 18.5. The Morgan fingerprint density at radius 2 is 2.09 bits per heavy atom. The minimum absolute atomic E-state index is 0.0383. The molecule has 9 heteroatoms. The van der Waals surface area contributed by atoms with Gasteiger partial charge in [-0.15, -0.1) is 0 Å². The topological polar surface area (TPSA) is 114 Å². The van der Waals surface area contributed by atoms with Gasteiger partial charge in [0.05, 0.1) is 18.9 Å². The lowest BCUT2D eigenvalue weighted by molar-refractivity contribution is -0.0462. The molecule has 1 aromatic rings. The third-order valence-electron chi connectivity index (χ3n) is 3.03. The van der Waals surface area contributed by atoms with Crippen LogP contribution in [0.3, 0.4) is 0 Å². The zero-order valence-corrected chi connectivity index (χ0v) is 12.5. The molecule has 1 aromatic heterocycles. The van der Waals surface area contributed by atoms with Crippen molar-refractivity contribution >= 4 is 0 Å². The highest BCUT2D eigenvalue weighted by molar-refractivity contribution is 4.91. The van der Waals surface area contributed by atoms with Crippen LogP contribution in [0.25, 0.3) is 0 Å². The molecule has 3 N–H and O–H groups in total. The van der Waals surface area contributed by atoms with Crippen molar-refractivity contribution in [2.45, 2.75) is 38.7 Å². The van der Waals surface area contributed by atoms with Crippen LogP contribution in [0.4, 0.5) is 4.39 Å². The Bertz CT molecular complexity index is 570. The molecule has 126 valence electrons. The molecule has 1 aliphatic heterocycles. The highest BCUT2D eigenvalue weighted by Crippen LogP contribution is 2.26. The summed E-state index contributed by atoms with van der Waals surface area (Å²) in [5.74, 6) is -1.12. The molecular formula is C13H21FN2O6. The predicted molar refractivity (Wildman–Crippen MR) is 75.1 cm³/mol. The Morgan fingerprint density at radius 1 is 1.45 bits per heavy atom. The monoisotopic (exact) mass is 320 g/mol. The van der Waals surface area contributed by atoms with Crippen molar-refractivity contribution in [3.63, 3.8) is 0 Å². The number of aromatic nitrogens is 2. The van der Waals surface area contributed by atoms with Crippen LogP contribution in [0, 0.1) is 5.82 Å². The Hall–Kier alpha value is -1.55. The largest absolute Gasteiger partial charge is 0.394 e. The summed E-state index contributed by atoms with van der Waals surface area (Å²) in [5, 5.41) is 18.3. The number of aliphatic hydroxyl groups is 2. The van der Waals surface area contributed by atoms with Crippen molar-refractivity contribution in [2.24, 2.45) is 0 Å². The van der Waals surface area contributed by atoms with E-state index >= 15 is 0 Å². The van der Waals surface area contributed by atoms with Crippen molar-refractivity contribution in [1.29, 1.82) is 0 Å². The van der Waals surface area contributed by atoms with Gasteiger partial charge in [-0.05, 0) is 13.8 Å². The minimum Gasteiger partial charge on any atom is -0.394 e. The van der Waals surface area contributed by atoms with E-state index in [1.165, 1.54) is 0 Å². The maximum atomic E-state index is 13.0. The Balaban J connectivity index is 0.000000422. The molecule has 2 rings (SSSR count). The third-order valence-corrected chi connectivity index (χ3v) is 3.03. The Labute approximate surface area is 126 Å². The maximum absolute atomic E-state index is 13.0. The van der Waals surface area contributed by atoms with Crippen LogP contribution < -0.4 is 11.2 Å². The summed E-state index contributed by atoms with van der Waals surface area (Å²) in [6, 6.07) is 0. The first-order valence-electron chi connectivity index (χ1n) is 6.97. The summed E-state index contributed by atoms with van der Waals surface area (Å²) in [6.07, 6.45) is -1.90. The second-order valence-corrected chi connectivity index (χ2v) is 4.54. The minimum atomic E-state index is -1.12. The number of hydrogen-bond donors (Lipinski definition) is 3. The fourth-order valence-corrected chi connectivity index (χ4v) is 1.93. The van der Waals surface area contributed by atoms with E-state index in [-0.39, 0.29) is 6.42 Å². The van der Waals surface area contributed by atoms with Crippen LogP contribution in [0.5, 0.6) is 0 Å².